The van der Waals surface area contributed by atoms with Crippen molar-refractivity contribution in [3.05, 3.63) is 29.8 Å². The van der Waals surface area contributed by atoms with Crippen LogP contribution in [-0.2, 0) is 0 Å². The third-order valence-corrected chi connectivity index (χ3v) is 4.78. The van der Waals surface area contributed by atoms with Gasteiger partial charge in [-0.1, -0.05) is 31.4 Å². The topological polar surface area (TPSA) is 29.5 Å². The molecule has 2 nitrogen and oxygen atoms in total. The Morgan fingerprint density at radius 1 is 1.18 bits per heavy atom. The van der Waals surface area contributed by atoms with Crippen LogP contribution < -0.4 is 4.74 Å². The molecule has 1 aliphatic rings. The molecule has 2 atom stereocenters. The monoisotopic (exact) mass is 252 g/mol. The minimum atomic E-state index is -0.544. The van der Waals surface area contributed by atoms with E-state index in [1.165, 1.54) is 12.0 Å². The third kappa shape index (κ3) is 2.81. The fourth-order valence-corrected chi connectivity index (χ4v) is 3.15. The van der Waals surface area contributed by atoms with E-state index in [0.29, 0.717) is 0 Å². The summed E-state index contributed by atoms with van der Waals surface area (Å²) in [5.41, 5.74) is 0.742. The summed E-state index contributed by atoms with van der Waals surface area (Å²) in [4.78, 5) is 0. The molecule has 1 fully saturated rings. The van der Waals surface area contributed by atoms with Crippen LogP contribution in [0.2, 0.25) is 0 Å². The molecule has 3 heteroatoms. The summed E-state index contributed by atoms with van der Waals surface area (Å²) in [5.74, 6) is 0.863. The van der Waals surface area contributed by atoms with Crippen LogP contribution >= 0.6 is 9.24 Å². The molecule has 0 amide bonds. The van der Waals surface area contributed by atoms with Crippen molar-refractivity contribution in [1.82, 2.24) is 0 Å². The van der Waals surface area contributed by atoms with Gasteiger partial charge in [-0.3, -0.25) is 0 Å². The predicted octanol–water partition coefficient (Wildman–Crippen LogP) is 3.31. The minimum Gasteiger partial charge on any atom is -0.497 e. The van der Waals surface area contributed by atoms with Gasteiger partial charge in [0.1, 0.15) is 5.75 Å². The molecule has 0 heterocycles. The Balaban J connectivity index is 2.14. The third-order valence-electron chi connectivity index (χ3n) is 3.77. The molecule has 0 aliphatic heterocycles. The Bertz CT molecular complexity index is 355. The smallest absolute Gasteiger partial charge is 0.118 e. The Labute approximate surface area is 106 Å². The van der Waals surface area contributed by atoms with E-state index in [2.05, 4.69) is 9.24 Å². The number of hydrogen-bond donors (Lipinski definition) is 1. The molecule has 94 valence electrons. The van der Waals surface area contributed by atoms with E-state index < -0.39 is 5.60 Å². The number of aliphatic hydroxyl groups is 1. The summed E-state index contributed by atoms with van der Waals surface area (Å²) in [6.45, 7) is 0. The van der Waals surface area contributed by atoms with Gasteiger partial charge in [-0.25, -0.2) is 0 Å². The minimum absolute atomic E-state index is 0.119. The van der Waals surface area contributed by atoms with Crippen LogP contribution in [0.15, 0.2) is 24.3 Å². The second kappa shape index (κ2) is 5.37. The largest absolute Gasteiger partial charge is 0.497 e. The molecular formula is C14H21O2P. The zero-order valence-corrected chi connectivity index (χ0v) is 11.5. The van der Waals surface area contributed by atoms with E-state index in [1.807, 2.05) is 24.3 Å². The maximum Gasteiger partial charge on any atom is 0.118 e. The van der Waals surface area contributed by atoms with E-state index >= 15 is 0 Å². The van der Waals surface area contributed by atoms with Gasteiger partial charge in [0.25, 0.3) is 0 Å². The molecular weight excluding hydrogens is 231 g/mol. The van der Waals surface area contributed by atoms with Crippen LogP contribution in [0.25, 0.3) is 0 Å². The highest BCUT2D eigenvalue weighted by Gasteiger charge is 2.35. The van der Waals surface area contributed by atoms with Crippen molar-refractivity contribution < 1.29 is 9.84 Å². The fraction of sp³-hybridized carbons (Fsp3) is 0.571. The molecule has 2 rings (SSSR count). The molecule has 1 aromatic rings. The van der Waals surface area contributed by atoms with Crippen molar-refractivity contribution in [2.75, 3.05) is 7.11 Å². The molecule has 0 bridgehead atoms. The average molecular weight is 252 g/mol. The quantitative estimate of drug-likeness (QED) is 0.836. The lowest BCUT2D eigenvalue weighted by Gasteiger charge is -2.37. The van der Waals surface area contributed by atoms with E-state index in [9.17, 15) is 5.11 Å². The Hall–Kier alpha value is -0.590. The summed E-state index contributed by atoms with van der Waals surface area (Å²) in [6, 6.07) is 8.00. The number of ether oxygens (including phenoxy) is 1. The first-order valence-electron chi connectivity index (χ1n) is 6.28. The fourth-order valence-electron chi connectivity index (χ4n) is 2.60. The zero-order valence-electron chi connectivity index (χ0n) is 10.4. The van der Waals surface area contributed by atoms with E-state index in [4.69, 9.17) is 4.74 Å². The highest BCUT2D eigenvalue weighted by molar-refractivity contribution is 7.17. The predicted molar refractivity (Wildman–Crippen MR) is 73.5 cm³/mol. The normalized spacial score (nSPS) is 20.9. The van der Waals surface area contributed by atoms with Crippen LogP contribution in [-0.4, -0.2) is 17.8 Å². The van der Waals surface area contributed by atoms with Gasteiger partial charge in [0.05, 0.1) is 12.7 Å². The molecule has 0 saturated heterocycles. The lowest BCUT2D eigenvalue weighted by molar-refractivity contribution is 0.00131. The lowest BCUT2D eigenvalue weighted by Crippen LogP contribution is -2.35. The van der Waals surface area contributed by atoms with Gasteiger partial charge >= 0.3 is 0 Å². The van der Waals surface area contributed by atoms with E-state index in [0.717, 1.165) is 31.4 Å². The summed E-state index contributed by atoms with van der Waals surface area (Å²) < 4.78 is 5.15. The lowest BCUT2D eigenvalue weighted by atomic mass is 9.80. The first-order chi connectivity index (χ1) is 8.15. The van der Waals surface area contributed by atoms with Gasteiger partial charge in [-0.15, -0.1) is 9.24 Å². The highest BCUT2D eigenvalue weighted by atomic mass is 31.0. The maximum atomic E-state index is 10.7. The van der Waals surface area contributed by atoms with Crippen molar-refractivity contribution in [2.45, 2.75) is 43.4 Å². The first-order valence-corrected chi connectivity index (χ1v) is 6.94. The number of rotatable bonds is 3. The SMILES string of the molecule is COc1ccc(C(P)C2(O)CCCCC2)cc1. The van der Waals surface area contributed by atoms with Gasteiger partial charge in [0.2, 0.25) is 0 Å². The molecule has 1 aromatic carbocycles. The first kappa shape index (κ1) is 12.9. The van der Waals surface area contributed by atoms with Crippen molar-refractivity contribution in [2.24, 2.45) is 0 Å². The second-order valence-electron chi connectivity index (χ2n) is 4.92. The molecule has 1 N–H and O–H groups in total. The summed E-state index contributed by atoms with van der Waals surface area (Å²) in [7, 11) is 4.48. The van der Waals surface area contributed by atoms with Crippen molar-refractivity contribution in [1.29, 1.82) is 0 Å². The molecule has 1 aliphatic carbocycles. The molecule has 0 radical (unpaired) electrons. The highest BCUT2D eigenvalue weighted by Crippen LogP contribution is 2.43. The van der Waals surface area contributed by atoms with Gasteiger partial charge in [0.15, 0.2) is 0 Å². The molecule has 1 saturated carbocycles. The van der Waals surface area contributed by atoms with E-state index in [-0.39, 0.29) is 5.66 Å². The maximum absolute atomic E-state index is 10.7. The summed E-state index contributed by atoms with van der Waals surface area (Å²) >= 11 is 0. The van der Waals surface area contributed by atoms with Crippen molar-refractivity contribution >= 4 is 9.24 Å². The Morgan fingerprint density at radius 3 is 2.29 bits per heavy atom. The van der Waals surface area contributed by atoms with Gasteiger partial charge < -0.3 is 9.84 Å². The van der Waals surface area contributed by atoms with Gasteiger partial charge in [-0.2, -0.15) is 0 Å². The van der Waals surface area contributed by atoms with Crippen LogP contribution in [0.4, 0.5) is 0 Å². The van der Waals surface area contributed by atoms with E-state index in [1.54, 1.807) is 7.11 Å². The van der Waals surface area contributed by atoms with Crippen LogP contribution in [0.5, 0.6) is 5.75 Å². The molecule has 2 unspecified atom stereocenters. The van der Waals surface area contributed by atoms with Crippen molar-refractivity contribution in [3.8, 4) is 5.75 Å². The Morgan fingerprint density at radius 2 is 1.76 bits per heavy atom. The standard InChI is InChI=1S/C14H21O2P/c1-16-12-7-5-11(6-8-12)13(17)14(15)9-3-2-4-10-14/h5-8,13,15H,2-4,9-10,17H2,1H3. The summed E-state index contributed by atoms with van der Waals surface area (Å²) in [5, 5.41) is 10.7. The molecule has 0 aromatic heterocycles. The summed E-state index contributed by atoms with van der Waals surface area (Å²) in [6.07, 6.45) is 5.35. The number of methoxy groups -OCH3 is 1. The average Bonchev–Trinajstić information content (AvgIpc) is 2.39. The van der Waals surface area contributed by atoms with Gasteiger partial charge in [0, 0.05) is 5.66 Å². The number of benzene rings is 1. The second-order valence-corrected chi connectivity index (χ2v) is 5.58. The molecule has 17 heavy (non-hydrogen) atoms. The van der Waals surface area contributed by atoms with Gasteiger partial charge in [-0.05, 0) is 30.5 Å². The van der Waals surface area contributed by atoms with Crippen LogP contribution in [0, 0.1) is 0 Å². The van der Waals surface area contributed by atoms with Crippen LogP contribution in [0.1, 0.15) is 43.3 Å². The van der Waals surface area contributed by atoms with Crippen LogP contribution in [0.3, 0.4) is 0 Å². The van der Waals surface area contributed by atoms with Crippen molar-refractivity contribution in [3.63, 3.8) is 0 Å². The Kier molecular flexibility index (Phi) is 4.06. The zero-order chi connectivity index (χ0) is 12.3. The number of hydrogen-bond acceptors (Lipinski definition) is 2. The molecule has 0 spiro atoms.